The van der Waals surface area contributed by atoms with Crippen molar-refractivity contribution in [3.63, 3.8) is 0 Å². The van der Waals surface area contributed by atoms with Crippen molar-refractivity contribution in [1.29, 1.82) is 5.26 Å². The number of rotatable bonds is 10. The molecule has 0 radical (unpaired) electrons. The zero-order valence-corrected chi connectivity index (χ0v) is 37.1. The molecule has 3 aromatic heterocycles. The average Bonchev–Trinajstić information content (AvgIpc) is 4.10. The van der Waals surface area contributed by atoms with Crippen LogP contribution in [0.5, 0.6) is 5.75 Å². The van der Waals surface area contributed by atoms with E-state index in [4.69, 9.17) is 31.7 Å². The lowest BCUT2D eigenvalue weighted by molar-refractivity contribution is -0.129. The second-order valence-corrected chi connectivity index (χ2v) is 19.1. The van der Waals surface area contributed by atoms with Gasteiger partial charge in [-0.2, -0.15) is 10.4 Å². The number of nitrogens with one attached hydrogen (secondary N) is 1. The Morgan fingerprint density at radius 2 is 1.71 bits per heavy atom. The molecule has 2 saturated heterocycles. The van der Waals surface area contributed by atoms with Crippen LogP contribution in [-0.4, -0.2) is 105 Å². The van der Waals surface area contributed by atoms with Gasteiger partial charge >= 0.3 is 0 Å². The van der Waals surface area contributed by atoms with Crippen molar-refractivity contribution < 1.29 is 14.3 Å². The fourth-order valence-corrected chi connectivity index (χ4v) is 10.9. The van der Waals surface area contributed by atoms with Crippen molar-refractivity contribution in [1.82, 2.24) is 40.1 Å². The number of hydrogen-bond donors (Lipinski definition) is 1. The van der Waals surface area contributed by atoms with Gasteiger partial charge in [0.2, 0.25) is 5.91 Å². The molecule has 1 N–H and O–H groups in total. The molecule has 2 saturated carbocycles. The summed E-state index contributed by atoms with van der Waals surface area (Å²) in [4.78, 5) is 40.0. The smallest absolute Gasteiger partial charge is 0.272 e. The number of nitrogens with zero attached hydrogens (tertiary/aromatic N) is 10. The van der Waals surface area contributed by atoms with Crippen LogP contribution < -0.4 is 19.9 Å². The van der Waals surface area contributed by atoms with Gasteiger partial charge < -0.3 is 29.7 Å². The highest BCUT2D eigenvalue weighted by Gasteiger charge is 2.35. The summed E-state index contributed by atoms with van der Waals surface area (Å²) in [6.45, 7) is 9.08. The predicted octanol–water partition coefficient (Wildman–Crippen LogP) is 7.13. The standard InChI is InChI=1S/C48H58ClN11O3/c1-31(61)58-24-18-44-40(30-58)47(59-19-2-3-34-25-43(33-4-5-33)51-28-45(34)59)55-60(44)37-16-20-56(21-17-37)29-32-14-22-57(23-15-32)46-13-12-42(53-54-46)48(62)52-36-7-10-38(11-8-36)63-39-9-6-35(27-50)41(49)26-39/h6,9,12-13,25-26,28,32-33,36-38H,2-5,7-8,10-11,14-24,29-30H2,1H3,(H,52,62). The molecule has 0 bridgehead atoms. The number of amides is 2. The van der Waals surface area contributed by atoms with E-state index in [0.29, 0.717) is 46.5 Å². The van der Waals surface area contributed by atoms with Gasteiger partial charge in [-0.05, 0) is 119 Å². The lowest BCUT2D eigenvalue weighted by atomic mass is 9.92. The number of halogens is 1. The Hall–Kier alpha value is -5.26. The first-order chi connectivity index (χ1) is 30.8. The van der Waals surface area contributed by atoms with Gasteiger partial charge in [0.1, 0.15) is 11.8 Å². The Labute approximate surface area is 374 Å². The number of aryl methyl sites for hydroxylation is 1. The van der Waals surface area contributed by atoms with Crippen molar-refractivity contribution in [2.24, 2.45) is 5.92 Å². The molecule has 1 aromatic carbocycles. The van der Waals surface area contributed by atoms with E-state index in [-0.39, 0.29) is 24.0 Å². The number of pyridine rings is 1. The maximum absolute atomic E-state index is 13.1. The van der Waals surface area contributed by atoms with Crippen LogP contribution in [0, 0.1) is 17.2 Å². The highest BCUT2D eigenvalue weighted by atomic mass is 35.5. The quantitative estimate of drug-likeness (QED) is 0.174. The van der Waals surface area contributed by atoms with Crippen molar-refractivity contribution in [2.75, 3.05) is 55.6 Å². The first kappa shape index (κ1) is 41.7. The minimum atomic E-state index is -0.195. The number of fused-ring (bicyclic) bond motifs is 2. The second kappa shape index (κ2) is 18.1. The Bertz CT molecular complexity index is 2350. The number of aromatic nitrogens is 5. The number of benzene rings is 1. The SMILES string of the molecule is CC(=O)N1CCc2c(c(N3CCCc4cc(C5CC5)ncc43)nn2C2CCN(CC3CCN(c4ccc(C(=O)NC5CCC(Oc6ccc(C#N)c(Cl)c6)CC5)nn4)CC3)CC2)C1. The fourth-order valence-electron chi connectivity index (χ4n) is 10.6. The Balaban J connectivity index is 0.694. The van der Waals surface area contributed by atoms with Gasteiger partial charge in [-0.3, -0.25) is 19.3 Å². The maximum atomic E-state index is 13.1. The summed E-state index contributed by atoms with van der Waals surface area (Å²) < 4.78 is 8.48. The number of likely N-dealkylation sites (tertiary alicyclic amines) is 1. The van der Waals surface area contributed by atoms with Crippen LogP contribution in [0.15, 0.2) is 42.6 Å². The number of ether oxygens (including phenoxy) is 1. The number of carbonyl (C=O) groups is 2. The van der Waals surface area contributed by atoms with Crippen molar-refractivity contribution in [2.45, 2.75) is 121 Å². The molecule has 2 aliphatic carbocycles. The van der Waals surface area contributed by atoms with Gasteiger partial charge in [0.05, 0.1) is 41.2 Å². The Kier molecular flexibility index (Phi) is 12.0. The van der Waals surface area contributed by atoms with Crippen LogP contribution in [0.4, 0.5) is 17.3 Å². The third-order valence-electron chi connectivity index (χ3n) is 14.5. The highest BCUT2D eigenvalue weighted by molar-refractivity contribution is 6.31. The first-order valence-electron chi connectivity index (χ1n) is 23.4. The molecule has 4 aromatic rings. The molecule has 15 heteroatoms. The summed E-state index contributed by atoms with van der Waals surface area (Å²) in [5.74, 6) is 3.72. The molecule has 2 amide bonds. The van der Waals surface area contributed by atoms with E-state index in [1.54, 1.807) is 31.2 Å². The van der Waals surface area contributed by atoms with E-state index in [1.807, 2.05) is 11.0 Å². The fraction of sp³-hybridized carbons (Fsp3) is 0.562. The minimum Gasteiger partial charge on any atom is -0.490 e. The lowest BCUT2D eigenvalue weighted by Crippen LogP contribution is -2.42. The van der Waals surface area contributed by atoms with Crippen LogP contribution in [-0.2, 0) is 24.2 Å². The number of anilines is 3. The van der Waals surface area contributed by atoms with Crippen LogP contribution in [0.3, 0.4) is 0 Å². The number of piperidine rings is 2. The first-order valence-corrected chi connectivity index (χ1v) is 23.7. The zero-order valence-electron chi connectivity index (χ0n) is 36.4. The average molecular weight is 873 g/mol. The lowest BCUT2D eigenvalue weighted by Gasteiger charge is -2.38. The zero-order chi connectivity index (χ0) is 43.0. The Morgan fingerprint density at radius 3 is 2.43 bits per heavy atom. The molecule has 4 aliphatic heterocycles. The molecule has 6 aliphatic rings. The molecule has 4 fully saturated rings. The summed E-state index contributed by atoms with van der Waals surface area (Å²) >= 11 is 6.18. The predicted molar refractivity (Wildman–Crippen MR) is 241 cm³/mol. The van der Waals surface area contributed by atoms with E-state index in [2.05, 4.69) is 53.2 Å². The van der Waals surface area contributed by atoms with Crippen molar-refractivity contribution >= 4 is 40.7 Å². The van der Waals surface area contributed by atoms with Crippen LogP contribution >= 0.6 is 11.6 Å². The molecule has 330 valence electrons. The highest BCUT2D eigenvalue weighted by Crippen LogP contribution is 2.43. The van der Waals surface area contributed by atoms with Crippen molar-refractivity contribution in [3.8, 4) is 11.8 Å². The third-order valence-corrected chi connectivity index (χ3v) is 14.8. The maximum Gasteiger partial charge on any atom is 0.272 e. The summed E-state index contributed by atoms with van der Waals surface area (Å²) in [5, 5.41) is 26.9. The minimum absolute atomic E-state index is 0.0373. The van der Waals surface area contributed by atoms with Crippen LogP contribution in [0.1, 0.15) is 128 Å². The second-order valence-electron chi connectivity index (χ2n) is 18.7. The molecule has 0 spiro atoms. The molecular formula is C48H58ClN11O3. The van der Waals surface area contributed by atoms with Gasteiger partial charge in [0.25, 0.3) is 5.91 Å². The Morgan fingerprint density at radius 1 is 0.905 bits per heavy atom. The molecule has 7 heterocycles. The number of carbonyl (C=O) groups excluding carboxylic acids is 2. The van der Waals surface area contributed by atoms with E-state index in [9.17, 15) is 9.59 Å². The van der Waals surface area contributed by atoms with E-state index < -0.39 is 0 Å². The topological polar surface area (TPSA) is 149 Å². The van der Waals surface area contributed by atoms with E-state index in [1.165, 1.54) is 41.0 Å². The van der Waals surface area contributed by atoms with Crippen LogP contribution in [0.2, 0.25) is 5.02 Å². The largest absolute Gasteiger partial charge is 0.490 e. The number of nitriles is 1. The molecule has 10 rings (SSSR count). The van der Waals surface area contributed by atoms with Gasteiger partial charge in [-0.1, -0.05) is 11.6 Å². The summed E-state index contributed by atoms with van der Waals surface area (Å²) in [6.07, 6.45) is 15.3. The normalized spacial score (nSPS) is 22.3. The van der Waals surface area contributed by atoms with E-state index >= 15 is 0 Å². The van der Waals surface area contributed by atoms with E-state index in [0.717, 1.165) is 128 Å². The monoisotopic (exact) mass is 871 g/mol. The summed E-state index contributed by atoms with van der Waals surface area (Å²) in [7, 11) is 0. The number of hydrogen-bond acceptors (Lipinski definition) is 11. The molecule has 14 nitrogen and oxygen atoms in total. The van der Waals surface area contributed by atoms with Gasteiger partial charge in [0.15, 0.2) is 17.3 Å². The summed E-state index contributed by atoms with van der Waals surface area (Å²) in [5.41, 5.74) is 7.13. The van der Waals surface area contributed by atoms with Gasteiger partial charge in [0, 0.05) is 94.1 Å². The summed E-state index contributed by atoms with van der Waals surface area (Å²) in [6, 6.07) is 13.7. The third kappa shape index (κ3) is 9.09. The van der Waals surface area contributed by atoms with Gasteiger partial charge in [-0.15, -0.1) is 10.2 Å². The molecule has 0 atom stereocenters. The molecular weight excluding hydrogens is 814 g/mol. The van der Waals surface area contributed by atoms with Gasteiger partial charge in [-0.25, -0.2) is 0 Å². The molecule has 0 unspecified atom stereocenters. The molecule has 63 heavy (non-hydrogen) atoms. The van der Waals surface area contributed by atoms with Crippen molar-refractivity contribution in [3.05, 3.63) is 81.4 Å². The van der Waals surface area contributed by atoms with Crippen LogP contribution in [0.25, 0.3) is 0 Å².